The number of hydrogen-bond acceptors (Lipinski definition) is 4. The molecule has 22 heavy (non-hydrogen) atoms. The largest absolute Gasteiger partial charge is 0.493 e. The van der Waals surface area contributed by atoms with Crippen LogP contribution in [0.15, 0.2) is 52.9 Å². The molecule has 1 heterocycles. The molecule has 5 heteroatoms. The molecule has 0 saturated heterocycles. The molecular weight excluding hydrogens is 300 g/mol. The zero-order chi connectivity index (χ0) is 15.4. The Bertz CT molecular complexity index is 753. The van der Waals surface area contributed by atoms with Gasteiger partial charge < -0.3 is 9.15 Å². The summed E-state index contributed by atoms with van der Waals surface area (Å²) in [6.45, 7) is 2.34. The third-order valence-corrected chi connectivity index (χ3v) is 3.48. The topological polar surface area (TPSA) is 48.2 Å². The van der Waals surface area contributed by atoms with Crippen LogP contribution in [-0.2, 0) is 6.42 Å². The highest BCUT2D eigenvalue weighted by Gasteiger charge is 2.10. The van der Waals surface area contributed by atoms with Gasteiger partial charge in [0.15, 0.2) is 0 Å². The molecule has 0 unspecified atom stereocenters. The number of aromatic nitrogens is 2. The van der Waals surface area contributed by atoms with E-state index in [1.54, 1.807) is 6.92 Å². The van der Waals surface area contributed by atoms with Crippen LogP contribution < -0.4 is 4.74 Å². The average molecular weight is 315 g/mol. The zero-order valence-electron chi connectivity index (χ0n) is 12.1. The summed E-state index contributed by atoms with van der Waals surface area (Å²) >= 11 is 5.85. The van der Waals surface area contributed by atoms with Crippen LogP contribution in [-0.4, -0.2) is 16.8 Å². The Kier molecular flexibility index (Phi) is 4.39. The highest BCUT2D eigenvalue weighted by atomic mass is 35.5. The maximum absolute atomic E-state index is 5.85. The molecular formula is C17H15ClN2O2. The van der Waals surface area contributed by atoms with Crippen molar-refractivity contribution in [3.63, 3.8) is 0 Å². The first-order valence-electron chi connectivity index (χ1n) is 6.99. The van der Waals surface area contributed by atoms with Crippen LogP contribution in [0.5, 0.6) is 5.75 Å². The predicted octanol–water partition coefficient (Wildman–Crippen LogP) is 4.32. The Morgan fingerprint density at radius 3 is 2.55 bits per heavy atom. The van der Waals surface area contributed by atoms with Crippen LogP contribution in [0.2, 0.25) is 5.02 Å². The minimum atomic E-state index is 0.541. The summed E-state index contributed by atoms with van der Waals surface area (Å²) in [5.41, 5.74) is 2.06. The Morgan fingerprint density at radius 2 is 1.82 bits per heavy atom. The monoisotopic (exact) mass is 314 g/mol. The van der Waals surface area contributed by atoms with E-state index in [0.717, 1.165) is 23.3 Å². The fourth-order valence-corrected chi connectivity index (χ4v) is 2.29. The summed E-state index contributed by atoms with van der Waals surface area (Å²) < 4.78 is 11.2. The fourth-order valence-electron chi connectivity index (χ4n) is 2.16. The number of benzene rings is 2. The molecule has 1 aromatic heterocycles. The summed E-state index contributed by atoms with van der Waals surface area (Å²) in [5.74, 6) is 1.90. The van der Waals surface area contributed by atoms with Gasteiger partial charge in [0.05, 0.1) is 6.61 Å². The fraction of sp³-hybridized carbons (Fsp3) is 0.176. The quantitative estimate of drug-likeness (QED) is 0.703. The standard InChI is InChI=1S/C17H15ClN2O2/c1-12-19-20-17(22-12)16-5-3-2-4-13(16)10-11-21-15-8-6-14(18)7-9-15/h2-9H,10-11H2,1H3. The maximum Gasteiger partial charge on any atom is 0.247 e. The Hall–Kier alpha value is -2.33. The van der Waals surface area contributed by atoms with E-state index in [1.165, 1.54) is 0 Å². The van der Waals surface area contributed by atoms with E-state index >= 15 is 0 Å². The van der Waals surface area contributed by atoms with Crippen molar-refractivity contribution in [3.8, 4) is 17.2 Å². The second kappa shape index (κ2) is 6.62. The van der Waals surface area contributed by atoms with Crippen molar-refractivity contribution in [3.05, 3.63) is 65.0 Å². The molecule has 0 saturated carbocycles. The number of rotatable bonds is 5. The van der Waals surface area contributed by atoms with E-state index in [4.69, 9.17) is 20.8 Å². The number of ether oxygens (including phenoxy) is 1. The van der Waals surface area contributed by atoms with Gasteiger partial charge in [0.2, 0.25) is 11.8 Å². The lowest BCUT2D eigenvalue weighted by Crippen LogP contribution is -2.02. The molecule has 112 valence electrons. The van der Waals surface area contributed by atoms with Crippen LogP contribution in [0.1, 0.15) is 11.5 Å². The molecule has 0 aliphatic carbocycles. The molecule has 2 aromatic carbocycles. The molecule has 3 rings (SSSR count). The molecule has 0 spiro atoms. The van der Waals surface area contributed by atoms with E-state index in [0.29, 0.717) is 23.4 Å². The number of aryl methyl sites for hydroxylation is 1. The van der Waals surface area contributed by atoms with Crippen LogP contribution in [0.3, 0.4) is 0 Å². The lowest BCUT2D eigenvalue weighted by molar-refractivity contribution is 0.322. The van der Waals surface area contributed by atoms with Crippen molar-refractivity contribution >= 4 is 11.6 Å². The number of hydrogen-bond donors (Lipinski definition) is 0. The van der Waals surface area contributed by atoms with Crippen LogP contribution >= 0.6 is 11.6 Å². The van der Waals surface area contributed by atoms with Crippen LogP contribution in [0.4, 0.5) is 0 Å². The van der Waals surface area contributed by atoms with Crippen molar-refractivity contribution in [1.82, 2.24) is 10.2 Å². The smallest absolute Gasteiger partial charge is 0.247 e. The van der Waals surface area contributed by atoms with E-state index < -0.39 is 0 Å². The highest BCUT2D eigenvalue weighted by Crippen LogP contribution is 2.23. The molecule has 4 nitrogen and oxygen atoms in total. The summed E-state index contributed by atoms with van der Waals surface area (Å²) in [4.78, 5) is 0. The van der Waals surface area contributed by atoms with Gasteiger partial charge in [-0.1, -0.05) is 29.8 Å². The van der Waals surface area contributed by atoms with Crippen molar-refractivity contribution < 1.29 is 9.15 Å². The van der Waals surface area contributed by atoms with Crippen molar-refractivity contribution in [2.45, 2.75) is 13.3 Å². The number of nitrogens with zero attached hydrogens (tertiary/aromatic N) is 2. The predicted molar refractivity (Wildman–Crippen MR) is 85.1 cm³/mol. The molecule has 0 fully saturated rings. The molecule has 0 aliphatic rings. The molecule has 0 aliphatic heterocycles. The van der Waals surface area contributed by atoms with E-state index in [9.17, 15) is 0 Å². The Labute approximate surface area is 133 Å². The normalized spacial score (nSPS) is 10.6. The van der Waals surface area contributed by atoms with Crippen LogP contribution in [0.25, 0.3) is 11.5 Å². The SMILES string of the molecule is Cc1nnc(-c2ccccc2CCOc2ccc(Cl)cc2)o1. The molecule has 0 amide bonds. The van der Waals surface area contributed by atoms with Gasteiger partial charge in [0.1, 0.15) is 5.75 Å². The number of halogens is 1. The lowest BCUT2D eigenvalue weighted by atomic mass is 10.1. The third-order valence-electron chi connectivity index (χ3n) is 3.23. The van der Waals surface area contributed by atoms with Gasteiger partial charge in [0, 0.05) is 23.9 Å². The molecule has 0 bridgehead atoms. The average Bonchev–Trinajstić information content (AvgIpc) is 2.96. The van der Waals surface area contributed by atoms with Crippen molar-refractivity contribution in [2.75, 3.05) is 6.61 Å². The van der Waals surface area contributed by atoms with Gasteiger partial charge in [0.25, 0.3) is 0 Å². The lowest BCUT2D eigenvalue weighted by Gasteiger charge is -2.08. The first-order chi connectivity index (χ1) is 10.7. The zero-order valence-corrected chi connectivity index (χ0v) is 12.9. The van der Waals surface area contributed by atoms with E-state index in [-0.39, 0.29) is 0 Å². The van der Waals surface area contributed by atoms with Crippen LogP contribution in [0, 0.1) is 6.92 Å². The summed E-state index contributed by atoms with van der Waals surface area (Å²) in [6.07, 6.45) is 0.750. The third kappa shape index (κ3) is 3.46. The second-order valence-electron chi connectivity index (χ2n) is 4.84. The van der Waals surface area contributed by atoms with Crippen molar-refractivity contribution in [2.24, 2.45) is 0 Å². The highest BCUT2D eigenvalue weighted by molar-refractivity contribution is 6.30. The molecule has 3 aromatic rings. The molecule has 0 atom stereocenters. The van der Waals surface area contributed by atoms with E-state index in [1.807, 2.05) is 48.5 Å². The van der Waals surface area contributed by atoms with Gasteiger partial charge in [-0.15, -0.1) is 10.2 Å². The second-order valence-corrected chi connectivity index (χ2v) is 5.27. The molecule has 0 radical (unpaired) electrons. The van der Waals surface area contributed by atoms with Gasteiger partial charge in [-0.05, 0) is 35.9 Å². The Balaban J connectivity index is 1.69. The minimum absolute atomic E-state index is 0.541. The summed E-state index contributed by atoms with van der Waals surface area (Å²) in [6, 6.07) is 15.3. The maximum atomic E-state index is 5.85. The summed E-state index contributed by atoms with van der Waals surface area (Å²) in [7, 11) is 0. The first-order valence-corrected chi connectivity index (χ1v) is 7.37. The minimum Gasteiger partial charge on any atom is -0.493 e. The first kappa shape index (κ1) is 14.6. The van der Waals surface area contributed by atoms with Gasteiger partial charge in [-0.25, -0.2) is 0 Å². The molecule has 0 N–H and O–H groups in total. The van der Waals surface area contributed by atoms with Crippen molar-refractivity contribution in [1.29, 1.82) is 0 Å². The van der Waals surface area contributed by atoms with Gasteiger partial charge in [-0.2, -0.15) is 0 Å². The van der Waals surface area contributed by atoms with E-state index in [2.05, 4.69) is 10.2 Å². The summed E-state index contributed by atoms with van der Waals surface area (Å²) in [5, 5.41) is 8.66. The van der Waals surface area contributed by atoms with Gasteiger partial charge in [-0.3, -0.25) is 0 Å². The Morgan fingerprint density at radius 1 is 1.05 bits per heavy atom. The van der Waals surface area contributed by atoms with Gasteiger partial charge >= 0.3 is 0 Å².